The highest BCUT2D eigenvalue weighted by Gasteiger charge is 2.21. The van der Waals surface area contributed by atoms with Gasteiger partial charge in [0, 0.05) is 12.7 Å². The Bertz CT molecular complexity index is 605. The van der Waals surface area contributed by atoms with Gasteiger partial charge in [0.15, 0.2) is 0 Å². The number of hydrogen-bond donors (Lipinski definition) is 1. The predicted molar refractivity (Wildman–Crippen MR) is 77.6 cm³/mol. The van der Waals surface area contributed by atoms with Gasteiger partial charge in [-0.3, -0.25) is 14.6 Å². The van der Waals surface area contributed by atoms with Gasteiger partial charge in [0.05, 0.1) is 5.92 Å². The van der Waals surface area contributed by atoms with Crippen LogP contribution in [0, 0.1) is 0 Å². The monoisotopic (exact) mass is 280 g/mol. The van der Waals surface area contributed by atoms with Crippen LogP contribution in [-0.4, -0.2) is 31.5 Å². The molecule has 6 heteroatoms. The Hall–Kier alpha value is -2.63. The molecule has 0 aliphatic heterocycles. The molecule has 104 valence electrons. The predicted octanol–water partition coefficient (Wildman–Crippen LogP) is 1.22. The average Bonchev–Trinajstić information content (AvgIpc) is 2.56. The maximum atomic E-state index is 11.9. The van der Waals surface area contributed by atoms with Crippen molar-refractivity contribution in [2.75, 3.05) is 6.54 Å². The second-order valence-corrected chi connectivity index (χ2v) is 4.33. The van der Waals surface area contributed by atoms with Crippen LogP contribution in [-0.2, 0) is 9.45 Å². The molecule has 1 aromatic heterocycles. The number of nitrogens with zero attached hydrogens (tertiary/aromatic N) is 1. The molecule has 1 aromatic carbocycles. The largest absolute Gasteiger partial charge is 0.543 e. The molecule has 1 amide bonds. The number of benzene rings is 1. The van der Waals surface area contributed by atoms with E-state index < -0.39 is 11.9 Å². The van der Waals surface area contributed by atoms with Crippen LogP contribution in [0.25, 0.3) is 0 Å². The summed E-state index contributed by atoms with van der Waals surface area (Å²) in [6, 6.07) is 14.0. The molecule has 5 nitrogen and oxygen atoms in total. The van der Waals surface area contributed by atoms with E-state index in [1.54, 1.807) is 42.5 Å². The number of carbonyl (C=O) groups is 2. The van der Waals surface area contributed by atoms with E-state index >= 15 is 0 Å². The summed E-state index contributed by atoms with van der Waals surface area (Å²) in [7, 11) is 4.95. The number of pyridine rings is 1. The van der Waals surface area contributed by atoms with Gasteiger partial charge in [-0.05, 0) is 17.7 Å². The van der Waals surface area contributed by atoms with Crippen molar-refractivity contribution in [3.63, 3.8) is 0 Å². The van der Waals surface area contributed by atoms with Crippen LogP contribution in [0.3, 0.4) is 0 Å². The average molecular weight is 280 g/mol. The Balaban J connectivity index is 2.07. The minimum absolute atomic E-state index is 0.0788. The van der Waals surface area contributed by atoms with Gasteiger partial charge in [-0.1, -0.05) is 36.4 Å². The summed E-state index contributed by atoms with van der Waals surface area (Å²) in [6.07, 6.45) is 1.53. The molecule has 2 aromatic rings. The normalized spacial score (nSPS) is 11.4. The Morgan fingerprint density at radius 2 is 1.86 bits per heavy atom. The van der Waals surface area contributed by atoms with Crippen molar-refractivity contribution in [3.05, 3.63) is 66.0 Å². The van der Waals surface area contributed by atoms with Crippen molar-refractivity contribution < 1.29 is 14.2 Å². The van der Waals surface area contributed by atoms with E-state index in [1.807, 2.05) is 6.07 Å². The smallest absolute Gasteiger partial charge is 0.378 e. The molecular weight excluding hydrogens is 267 g/mol. The van der Waals surface area contributed by atoms with Crippen LogP contribution in [0.4, 0.5) is 0 Å². The van der Waals surface area contributed by atoms with Crippen molar-refractivity contribution in [1.82, 2.24) is 10.3 Å². The van der Waals surface area contributed by atoms with Crippen LogP contribution in [0.2, 0.25) is 0 Å². The molecule has 0 saturated carbocycles. The molecule has 0 bridgehead atoms. The summed E-state index contributed by atoms with van der Waals surface area (Å²) >= 11 is 0. The number of hydrogen-bond acceptors (Lipinski definition) is 4. The summed E-state index contributed by atoms with van der Waals surface area (Å²) in [6.45, 7) is 0.0788. The van der Waals surface area contributed by atoms with Crippen LogP contribution >= 0.6 is 0 Å². The molecule has 0 spiro atoms. The fourth-order valence-electron chi connectivity index (χ4n) is 1.89. The zero-order valence-corrected chi connectivity index (χ0v) is 11.2. The van der Waals surface area contributed by atoms with Crippen LogP contribution in [0.1, 0.15) is 22.0 Å². The van der Waals surface area contributed by atoms with Crippen molar-refractivity contribution in [2.24, 2.45) is 0 Å². The van der Waals surface area contributed by atoms with Crippen molar-refractivity contribution in [1.29, 1.82) is 0 Å². The van der Waals surface area contributed by atoms with Gasteiger partial charge >= 0.3 is 8.05 Å². The van der Waals surface area contributed by atoms with Gasteiger partial charge in [-0.2, -0.15) is 0 Å². The minimum Gasteiger partial charge on any atom is -0.543 e. The Labute approximate surface area is 123 Å². The van der Waals surface area contributed by atoms with Gasteiger partial charge in [-0.15, -0.1) is 0 Å². The minimum atomic E-state index is -0.663. The summed E-state index contributed by atoms with van der Waals surface area (Å²) in [5.41, 5.74) is 1.000. The van der Waals surface area contributed by atoms with Crippen LogP contribution in [0.5, 0.6) is 0 Å². The second kappa shape index (κ2) is 7.24. The first kappa shape index (κ1) is 14.8. The van der Waals surface area contributed by atoms with E-state index in [2.05, 4.69) is 15.0 Å². The van der Waals surface area contributed by atoms with Crippen molar-refractivity contribution in [2.45, 2.75) is 5.92 Å². The molecule has 1 unspecified atom stereocenters. The number of amides is 1. The SMILES string of the molecule is [B]OC(=O)C(CNC(=O)c1ccccn1)c1ccccc1. The molecule has 21 heavy (non-hydrogen) atoms. The molecule has 1 N–H and O–H groups in total. The van der Waals surface area contributed by atoms with Gasteiger partial charge < -0.3 is 9.97 Å². The number of carbonyl (C=O) groups excluding carboxylic acids is 2. The lowest BCUT2D eigenvalue weighted by Crippen LogP contribution is -2.32. The second-order valence-electron chi connectivity index (χ2n) is 4.33. The molecule has 1 atom stereocenters. The van der Waals surface area contributed by atoms with E-state index in [0.717, 1.165) is 0 Å². The van der Waals surface area contributed by atoms with Gasteiger partial charge in [0.25, 0.3) is 11.9 Å². The summed E-state index contributed by atoms with van der Waals surface area (Å²) in [5.74, 6) is -1.63. The first-order valence-electron chi connectivity index (χ1n) is 6.37. The highest BCUT2D eigenvalue weighted by Crippen LogP contribution is 2.16. The van der Waals surface area contributed by atoms with Crippen molar-refractivity contribution >= 4 is 19.9 Å². The standard InChI is InChI=1S/C15H13BN2O3/c16-21-15(20)12(11-6-2-1-3-7-11)10-18-14(19)13-8-4-5-9-17-13/h1-9,12H,10H2,(H,18,19). The molecule has 0 aliphatic rings. The van der Waals surface area contributed by atoms with E-state index in [9.17, 15) is 9.59 Å². The van der Waals surface area contributed by atoms with Gasteiger partial charge in [0.1, 0.15) is 5.69 Å². The van der Waals surface area contributed by atoms with E-state index in [4.69, 9.17) is 8.05 Å². The first-order chi connectivity index (χ1) is 10.2. The summed E-state index contributed by atoms with van der Waals surface area (Å²) in [5, 5.41) is 2.65. The van der Waals surface area contributed by atoms with Crippen LogP contribution in [0.15, 0.2) is 54.7 Å². The third-order valence-corrected chi connectivity index (χ3v) is 2.97. The Morgan fingerprint density at radius 1 is 1.14 bits per heavy atom. The Kier molecular flexibility index (Phi) is 5.09. The lowest BCUT2D eigenvalue weighted by Gasteiger charge is -2.16. The third-order valence-electron chi connectivity index (χ3n) is 2.97. The molecule has 2 radical (unpaired) electrons. The van der Waals surface area contributed by atoms with E-state index in [1.165, 1.54) is 6.20 Å². The molecule has 0 fully saturated rings. The molecule has 0 aliphatic carbocycles. The lowest BCUT2D eigenvalue weighted by atomic mass is 9.99. The molecular formula is C15H13BN2O3. The lowest BCUT2D eigenvalue weighted by molar-refractivity contribution is -0.135. The molecule has 1 heterocycles. The number of rotatable bonds is 5. The Morgan fingerprint density at radius 3 is 2.48 bits per heavy atom. The fourth-order valence-corrected chi connectivity index (χ4v) is 1.89. The van der Waals surface area contributed by atoms with E-state index in [-0.39, 0.29) is 18.1 Å². The fraction of sp³-hybridized carbons (Fsp3) is 0.133. The molecule has 2 rings (SSSR count). The third kappa shape index (κ3) is 3.92. The summed E-state index contributed by atoms with van der Waals surface area (Å²) < 4.78 is 4.30. The maximum Gasteiger partial charge on any atom is 0.378 e. The first-order valence-corrected chi connectivity index (χ1v) is 6.37. The van der Waals surface area contributed by atoms with E-state index in [0.29, 0.717) is 5.56 Å². The van der Waals surface area contributed by atoms with Crippen LogP contribution < -0.4 is 5.32 Å². The van der Waals surface area contributed by atoms with Gasteiger partial charge in [0.2, 0.25) is 0 Å². The topological polar surface area (TPSA) is 68.3 Å². The maximum absolute atomic E-state index is 11.9. The summed E-state index contributed by atoms with van der Waals surface area (Å²) in [4.78, 5) is 27.6. The van der Waals surface area contributed by atoms with Crippen molar-refractivity contribution in [3.8, 4) is 0 Å². The van der Waals surface area contributed by atoms with Gasteiger partial charge in [-0.25, -0.2) is 0 Å². The quantitative estimate of drug-likeness (QED) is 0.836. The number of nitrogens with one attached hydrogen (secondary N) is 1. The molecule has 0 saturated heterocycles. The highest BCUT2D eigenvalue weighted by atomic mass is 16.5. The zero-order chi connectivity index (χ0) is 15.1. The zero-order valence-electron chi connectivity index (χ0n) is 11.2. The highest BCUT2D eigenvalue weighted by molar-refractivity contribution is 6.06. The number of aromatic nitrogens is 1.